The van der Waals surface area contributed by atoms with Crippen molar-refractivity contribution >= 4 is 22.5 Å². The van der Waals surface area contributed by atoms with Crippen molar-refractivity contribution in [2.45, 2.75) is 25.3 Å². The van der Waals surface area contributed by atoms with E-state index >= 15 is 0 Å². The van der Waals surface area contributed by atoms with Gasteiger partial charge in [-0.3, -0.25) is 9.59 Å². The second kappa shape index (κ2) is 7.71. The number of carbonyl (C=O) groups excluding carboxylic acids is 1. The van der Waals surface area contributed by atoms with Crippen LogP contribution < -0.4 is 15.6 Å². The predicted octanol–water partition coefficient (Wildman–Crippen LogP) is 3.11. The van der Waals surface area contributed by atoms with E-state index in [-0.39, 0.29) is 18.0 Å². The van der Waals surface area contributed by atoms with Crippen molar-refractivity contribution < 1.29 is 9.53 Å². The van der Waals surface area contributed by atoms with Gasteiger partial charge in [-0.25, -0.2) is 9.36 Å². The fourth-order valence-electron chi connectivity index (χ4n) is 3.70. The highest BCUT2D eigenvalue weighted by Gasteiger charge is 2.30. The molecule has 2 aromatic heterocycles. The molecule has 2 heterocycles. The van der Waals surface area contributed by atoms with Gasteiger partial charge in [-0.1, -0.05) is 30.3 Å². The smallest absolute Gasteiger partial charge is 0.293 e. The first-order valence-electron chi connectivity index (χ1n) is 10.1. The standard InChI is InChI=1S/C23H21N5O3/c1-31-19-10-6-5-9-18(19)25-20(29)14-27-23(30)22-17(21(26-27)15-11-12-15)13-24-28(22)16-7-3-2-4-8-16/h2-10,13,15H,11-12,14H2,1H3,(H,25,29). The molecule has 5 rings (SSSR count). The lowest BCUT2D eigenvalue weighted by atomic mass is 10.2. The number of anilines is 1. The number of para-hydroxylation sites is 3. The molecule has 0 radical (unpaired) electrons. The molecule has 1 aliphatic carbocycles. The zero-order valence-electron chi connectivity index (χ0n) is 17.0. The minimum Gasteiger partial charge on any atom is -0.495 e. The molecule has 1 amide bonds. The minimum atomic E-state index is -0.356. The molecule has 0 aliphatic heterocycles. The van der Waals surface area contributed by atoms with Gasteiger partial charge in [0.2, 0.25) is 5.91 Å². The van der Waals surface area contributed by atoms with Crippen LogP contribution in [0.3, 0.4) is 0 Å². The molecule has 0 spiro atoms. The number of ether oxygens (including phenoxy) is 1. The van der Waals surface area contributed by atoms with E-state index in [0.717, 1.165) is 29.6 Å². The number of nitrogens with zero attached hydrogens (tertiary/aromatic N) is 4. The van der Waals surface area contributed by atoms with Crippen LogP contribution in [0.1, 0.15) is 24.5 Å². The average molecular weight is 415 g/mol. The van der Waals surface area contributed by atoms with Crippen LogP contribution in [0, 0.1) is 0 Å². The molecule has 156 valence electrons. The lowest BCUT2D eigenvalue weighted by Crippen LogP contribution is -2.31. The largest absolute Gasteiger partial charge is 0.495 e. The molecule has 31 heavy (non-hydrogen) atoms. The fourth-order valence-corrected chi connectivity index (χ4v) is 3.70. The van der Waals surface area contributed by atoms with Crippen LogP contribution in [-0.2, 0) is 11.3 Å². The number of benzene rings is 2. The van der Waals surface area contributed by atoms with Crippen LogP contribution >= 0.6 is 0 Å². The van der Waals surface area contributed by atoms with Crippen LogP contribution in [0.15, 0.2) is 65.6 Å². The summed E-state index contributed by atoms with van der Waals surface area (Å²) in [5.74, 6) is 0.485. The normalized spacial score (nSPS) is 13.3. The minimum absolute atomic E-state index is 0.202. The van der Waals surface area contributed by atoms with E-state index in [1.807, 2.05) is 36.4 Å². The Hall–Kier alpha value is -3.94. The highest BCUT2D eigenvalue weighted by atomic mass is 16.5. The summed E-state index contributed by atoms with van der Waals surface area (Å²) in [6.45, 7) is -0.202. The molecule has 8 nitrogen and oxygen atoms in total. The summed E-state index contributed by atoms with van der Waals surface area (Å²) >= 11 is 0. The molecule has 1 saturated carbocycles. The second-order valence-corrected chi connectivity index (χ2v) is 7.52. The molecule has 1 N–H and O–H groups in total. The first-order valence-corrected chi connectivity index (χ1v) is 10.1. The van der Waals surface area contributed by atoms with E-state index < -0.39 is 0 Å². The molecule has 0 saturated heterocycles. The van der Waals surface area contributed by atoms with Crippen LogP contribution in [0.2, 0.25) is 0 Å². The summed E-state index contributed by atoms with van der Waals surface area (Å²) in [6, 6.07) is 16.6. The van der Waals surface area contributed by atoms with Gasteiger partial charge in [0.05, 0.1) is 30.4 Å². The van der Waals surface area contributed by atoms with Gasteiger partial charge in [0.1, 0.15) is 17.8 Å². The van der Waals surface area contributed by atoms with Crippen molar-refractivity contribution in [3.63, 3.8) is 0 Å². The van der Waals surface area contributed by atoms with Crippen LogP contribution in [0.4, 0.5) is 5.69 Å². The van der Waals surface area contributed by atoms with Crippen molar-refractivity contribution in [1.82, 2.24) is 19.6 Å². The Morgan fingerprint density at radius 3 is 2.61 bits per heavy atom. The number of amides is 1. The molecule has 0 atom stereocenters. The molecular formula is C23H21N5O3. The van der Waals surface area contributed by atoms with E-state index in [1.165, 1.54) is 11.8 Å². The van der Waals surface area contributed by atoms with Gasteiger partial charge in [0.25, 0.3) is 5.56 Å². The number of methoxy groups -OCH3 is 1. The molecule has 4 aromatic rings. The topological polar surface area (TPSA) is 91.0 Å². The SMILES string of the molecule is COc1ccccc1NC(=O)Cn1nc(C2CC2)c2cnn(-c3ccccc3)c2c1=O. The van der Waals surface area contributed by atoms with Crippen LogP contribution in [0.5, 0.6) is 5.75 Å². The number of rotatable bonds is 6. The lowest BCUT2D eigenvalue weighted by Gasteiger charge is -2.12. The highest BCUT2D eigenvalue weighted by molar-refractivity contribution is 5.92. The van der Waals surface area contributed by atoms with Gasteiger partial charge in [0.15, 0.2) is 0 Å². The maximum atomic E-state index is 13.3. The molecule has 1 fully saturated rings. The molecule has 1 aliphatic rings. The quantitative estimate of drug-likeness (QED) is 0.523. The summed E-state index contributed by atoms with van der Waals surface area (Å²) < 4.78 is 8.14. The lowest BCUT2D eigenvalue weighted by molar-refractivity contribution is -0.117. The molecule has 8 heteroatoms. The van der Waals surface area contributed by atoms with Gasteiger partial charge in [-0.2, -0.15) is 10.2 Å². The van der Waals surface area contributed by atoms with Crippen molar-refractivity contribution in [3.8, 4) is 11.4 Å². The summed E-state index contributed by atoms with van der Waals surface area (Å²) in [5.41, 5.74) is 2.24. The number of fused-ring (bicyclic) bond motifs is 1. The summed E-state index contributed by atoms with van der Waals surface area (Å²) in [5, 5.41) is 12.6. The van der Waals surface area contributed by atoms with Crippen LogP contribution in [0.25, 0.3) is 16.6 Å². The van der Waals surface area contributed by atoms with E-state index in [2.05, 4.69) is 15.5 Å². The number of carbonyl (C=O) groups is 1. The first-order chi connectivity index (χ1) is 15.2. The van der Waals surface area contributed by atoms with Crippen molar-refractivity contribution in [2.24, 2.45) is 0 Å². The van der Waals surface area contributed by atoms with E-state index in [1.54, 1.807) is 29.1 Å². The Morgan fingerprint density at radius 1 is 1.13 bits per heavy atom. The van der Waals surface area contributed by atoms with Crippen molar-refractivity contribution in [2.75, 3.05) is 12.4 Å². The summed E-state index contributed by atoms with van der Waals surface area (Å²) in [6.07, 6.45) is 3.73. The van der Waals surface area contributed by atoms with E-state index in [4.69, 9.17) is 4.74 Å². The third-order valence-corrected chi connectivity index (χ3v) is 5.35. The Labute approximate surface area is 178 Å². The third-order valence-electron chi connectivity index (χ3n) is 5.35. The summed E-state index contributed by atoms with van der Waals surface area (Å²) in [4.78, 5) is 26.1. The van der Waals surface area contributed by atoms with E-state index in [9.17, 15) is 9.59 Å². The first kappa shape index (κ1) is 19.0. The molecule has 2 aromatic carbocycles. The third kappa shape index (κ3) is 3.56. The Morgan fingerprint density at radius 2 is 1.87 bits per heavy atom. The number of aromatic nitrogens is 4. The Kier molecular flexibility index (Phi) is 4.74. The molecular weight excluding hydrogens is 394 g/mol. The van der Waals surface area contributed by atoms with E-state index in [0.29, 0.717) is 22.9 Å². The summed E-state index contributed by atoms with van der Waals surface area (Å²) in [7, 11) is 1.54. The van der Waals surface area contributed by atoms with Crippen LogP contribution in [-0.4, -0.2) is 32.6 Å². The van der Waals surface area contributed by atoms with Crippen molar-refractivity contribution in [3.05, 3.63) is 76.8 Å². The maximum absolute atomic E-state index is 13.3. The predicted molar refractivity (Wildman–Crippen MR) is 117 cm³/mol. The monoisotopic (exact) mass is 415 g/mol. The molecule has 0 unspecified atom stereocenters. The van der Waals surface area contributed by atoms with Gasteiger partial charge in [0, 0.05) is 11.3 Å². The van der Waals surface area contributed by atoms with Gasteiger partial charge in [-0.15, -0.1) is 0 Å². The van der Waals surface area contributed by atoms with Gasteiger partial charge >= 0.3 is 0 Å². The number of nitrogens with one attached hydrogen (secondary N) is 1. The van der Waals surface area contributed by atoms with Crippen molar-refractivity contribution in [1.29, 1.82) is 0 Å². The number of hydrogen-bond acceptors (Lipinski definition) is 5. The Bertz CT molecular complexity index is 1320. The van der Waals surface area contributed by atoms with Gasteiger partial charge in [-0.05, 0) is 37.1 Å². The zero-order chi connectivity index (χ0) is 21.4. The fraction of sp³-hybridized carbons (Fsp3) is 0.217. The molecule has 0 bridgehead atoms. The van der Waals surface area contributed by atoms with Gasteiger partial charge < -0.3 is 10.1 Å². The maximum Gasteiger partial charge on any atom is 0.293 e. The zero-order valence-corrected chi connectivity index (χ0v) is 17.0. The number of hydrogen-bond donors (Lipinski definition) is 1. The Balaban J connectivity index is 1.55. The average Bonchev–Trinajstić information content (AvgIpc) is 3.54. The highest BCUT2D eigenvalue weighted by Crippen LogP contribution is 2.41. The second-order valence-electron chi connectivity index (χ2n) is 7.52.